The first-order valence-corrected chi connectivity index (χ1v) is 12.3. The Balaban J connectivity index is 1.66. The second-order valence-corrected chi connectivity index (χ2v) is 8.83. The molecule has 0 radical (unpaired) electrons. The van der Waals surface area contributed by atoms with E-state index in [1.54, 1.807) is 0 Å². The Morgan fingerprint density at radius 2 is 1.71 bits per heavy atom. The lowest BCUT2D eigenvalue weighted by Gasteiger charge is -2.28. The van der Waals surface area contributed by atoms with Crippen LogP contribution in [0.2, 0.25) is 0 Å². The molecule has 2 aromatic carbocycles. The summed E-state index contributed by atoms with van der Waals surface area (Å²) in [6, 6.07) is 22.6. The van der Waals surface area contributed by atoms with E-state index in [9.17, 15) is 4.79 Å². The van der Waals surface area contributed by atoms with Gasteiger partial charge in [0.05, 0.1) is 37.6 Å². The van der Waals surface area contributed by atoms with Crippen LogP contribution in [-0.4, -0.2) is 42.2 Å². The van der Waals surface area contributed by atoms with Gasteiger partial charge in [0.1, 0.15) is 5.82 Å². The number of carbonyl (C=O) groups excluding carboxylic acids is 1. The lowest BCUT2D eigenvalue weighted by molar-refractivity contribution is 0.104. The van der Waals surface area contributed by atoms with Gasteiger partial charge in [0.15, 0.2) is 6.29 Å². The molecule has 1 aliphatic heterocycles. The summed E-state index contributed by atoms with van der Waals surface area (Å²) >= 11 is 0. The van der Waals surface area contributed by atoms with E-state index in [2.05, 4.69) is 30.0 Å². The highest BCUT2D eigenvalue weighted by Gasteiger charge is 2.24. The highest BCUT2D eigenvalue weighted by Crippen LogP contribution is 2.35. The quantitative estimate of drug-likeness (QED) is 0.311. The number of aromatic nitrogens is 2. The summed E-state index contributed by atoms with van der Waals surface area (Å²) in [5.41, 5.74) is 6.76. The van der Waals surface area contributed by atoms with Crippen LogP contribution in [0.1, 0.15) is 40.5 Å². The molecule has 5 rings (SSSR count). The number of aldehydes is 1. The van der Waals surface area contributed by atoms with Crippen molar-refractivity contribution in [1.82, 2.24) is 9.61 Å². The zero-order valence-corrected chi connectivity index (χ0v) is 20.2. The Morgan fingerprint density at radius 1 is 1.00 bits per heavy atom. The van der Waals surface area contributed by atoms with E-state index in [-0.39, 0.29) is 0 Å². The van der Waals surface area contributed by atoms with E-state index in [0.717, 1.165) is 71.5 Å². The fourth-order valence-electron chi connectivity index (χ4n) is 4.79. The normalized spacial score (nSPS) is 13.9. The van der Waals surface area contributed by atoms with Crippen molar-refractivity contribution in [2.45, 2.75) is 33.0 Å². The number of carbonyl (C=O) groups is 1. The van der Waals surface area contributed by atoms with E-state index in [4.69, 9.17) is 14.6 Å². The highest BCUT2D eigenvalue weighted by molar-refractivity contribution is 5.92. The number of ether oxygens (including phenoxy) is 2. The molecule has 3 heterocycles. The topological polar surface area (TPSA) is 56.1 Å². The van der Waals surface area contributed by atoms with Crippen molar-refractivity contribution in [2.24, 2.45) is 0 Å². The van der Waals surface area contributed by atoms with E-state index in [1.165, 1.54) is 0 Å². The second kappa shape index (κ2) is 10.8. The molecule has 0 aliphatic carbocycles. The van der Waals surface area contributed by atoms with Gasteiger partial charge in [0, 0.05) is 29.8 Å². The number of hydrogen-bond donors (Lipinski definition) is 0. The maximum atomic E-state index is 12.4. The molecule has 0 atom stereocenters. The number of aryl methyl sites for hydroxylation is 1. The van der Waals surface area contributed by atoms with Crippen LogP contribution in [0.15, 0.2) is 66.7 Å². The van der Waals surface area contributed by atoms with Crippen LogP contribution in [0, 0.1) is 0 Å². The van der Waals surface area contributed by atoms with Crippen molar-refractivity contribution in [2.75, 3.05) is 31.2 Å². The Bertz CT molecular complexity index is 1280. The van der Waals surface area contributed by atoms with Crippen molar-refractivity contribution in [1.29, 1.82) is 0 Å². The van der Waals surface area contributed by atoms with Crippen LogP contribution in [0.3, 0.4) is 0 Å². The number of nitrogens with zero attached hydrogens (tertiary/aromatic N) is 3. The SMILES string of the molecule is CCCc1c(C=O)c(COCc2ccccc2)c2c(-c3ccccc3)cc(N3CCOCC3)nn12. The minimum atomic E-state index is 0.342. The number of rotatable bonds is 9. The first-order valence-electron chi connectivity index (χ1n) is 12.3. The lowest BCUT2D eigenvalue weighted by atomic mass is 10.0. The van der Waals surface area contributed by atoms with Crippen molar-refractivity contribution < 1.29 is 14.3 Å². The summed E-state index contributed by atoms with van der Waals surface area (Å²) < 4.78 is 13.7. The van der Waals surface area contributed by atoms with Crippen molar-refractivity contribution in [3.05, 3.63) is 89.1 Å². The van der Waals surface area contributed by atoms with E-state index >= 15 is 0 Å². The third-order valence-corrected chi connectivity index (χ3v) is 6.50. The standard InChI is InChI=1S/C29H31N3O3/c1-2-9-27-25(19-33)26(21-35-20-22-10-5-3-6-11-22)29-24(23-12-7-4-8-13-23)18-28(30-32(27)29)31-14-16-34-17-15-31/h3-8,10-13,18-19H,2,9,14-17,20-21H2,1H3. The van der Waals surface area contributed by atoms with E-state index in [0.29, 0.717) is 32.0 Å². The second-order valence-electron chi connectivity index (χ2n) is 8.83. The summed E-state index contributed by atoms with van der Waals surface area (Å²) in [6.45, 7) is 5.92. The van der Waals surface area contributed by atoms with Gasteiger partial charge >= 0.3 is 0 Å². The molecule has 6 heteroatoms. The molecule has 0 bridgehead atoms. The zero-order chi connectivity index (χ0) is 24.0. The largest absolute Gasteiger partial charge is 0.378 e. The third-order valence-electron chi connectivity index (χ3n) is 6.50. The first-order chi connectivity index (χ1) is 17.3. The monoisotopic (exact) mass is 469 g/mol. The summed E-state index contributed by atoms with van der Waals surface area (Å²) in [5, 5.41) is 5.07. The minimum absolute atomic E-state index is 0.342. The Kier molecular flexibility index (Phi) is 7.21. The minimum Gasteiger partial charge on any atom is -0.378 e. The Labute approximate surface area is 206 Å². The predicted octanol–water partition coefficient (Wildman–Crippen LogP) is 5.32. The fourth-order valence-corrected chi connectivity index (χ4v) is 4.79. The van der Waals surface area contributed by atoms with Gasteiger partial charge in [-0.25, -0.2) is 4.52 Å². The maximum Gasteiger partial charge on any atom is 0.152 e. The molecule has 1 aliphatic rings. The molecule has 1 saturated heterocycles. The van der Waals surface area contributed by atoms with Crippen molar-refractivity contribution >= 4 is 17.6 Å². The fraction of sp³-hybridized carbons (Fsp3) is 0.310. The zero-order valence-electron chi connectivity index (χ0n) is 20.2. The van der Waals surface area contributed by atoms with Gasteiger partial charge in [-0.05, 0) is 23.6 Å². The van der Waals surface area contributed by atoms with Crippen LogP contribution in [0.4, 0.5) is 5.82 Å². The van der Waals surface area contributed by atoms with Crippen LogP contribution in [-0.2, 0) is 29.1 Å². The molecule has 0 spiro atoms. The lowest BCUT2D eigenvalue weighted by Crippen LogP contribution is -2.37. The maximum absolute atomic E-state index is 12.4. The molecule has 0 unspecified atom stereocenters. The molecule has 0 saturated carbocycles. The van der Waals surface area contributed by atoms with Gasteiger partial charge < -0.3 is 14.4 Å². The number of fused-ring (bicyclic) bond motifs is 1. The average molecular weight is 470 g/mol. The molecule has 0 amide bonds. The summed E-state index contributed by atoms with van der Waals surface area (Å²) in [7, 11) is 0. The molecule has 2 aromatic heterocycles. The average Bonchev–Trinajstić information content (AvgIpc) is 3.22. The molecule has 1 fully saturated rings. The molecular formula is C29H31N3O3. The third kappa shape index (κ3) is 4.85. The number of hydrogen-bond acceptors (Lipinski definition) is 5. The van der Waals surface area contributed by atoms with Gasteiger partial charge in [-0.1, -0.05) is 74.0 Å². The van der Waals surface area contributed by atoms with Gasteiger partial charge in [-0.15, -0.1) is 0 Å². The molecule has 4 aromatic rings. The summed E-state index contributed by atoms with van der Waals surface area (Å²) in [5.74, 6) is 0.904. The van der Waals surface area contributed by atoms with Crippen LogP contribution in [0.5, 0.6) is 0 Å². The molecular weight excluding hydrogens is 438 g/mol. The predicted molar refractivity (Wildman–Crippen MR) is 138 cm³/mol. The van der Waals surface area contributed by atoms with Gasteiger partial charge in [0.2, 0.25) is 0 Å². The van der Waals surface area contributed by atoms with Gasteiger partial charge in [-0.3, -0.25) is 4.79 Å². The van der Waals surface area contributed by atoms with E-state index < -0.39 is 0 Å². The summed E-state index contributed by atoms with van der Waals surface area (Å²) in [6.07, 6.45) is 2.66. The molecule has 0 N–H and O–H groups in total. The highest BCUT2D eigenvalue weighted by atomic mass is 16.5. The molecule has 6 nitrogen and oxygen atoms in total. The first kappa shape index (κ1) is 23.3. The van der Waals surface area contributed by atoms with Crippen LogP contribution in [0.25, 0.3) is 16.6 Å². The number of benzene rings is 2. The van der Waals surface area contributed by atoms with Crippen LogP contribution < -0.4 is 4.90 Å². The van der Waals surface area contributed by atoms with Crippen molar-refractivity contribution in [3.8, 4) is 11.1 Å². The Hall–Kier alpha value is -3.48. The molecule has 35 heavy (non-hydrogen) atoms. The number of morpholine rings is 1. The number of anilines is 1. The van der Waals surface area contributed by atoms with Gasteiger partial charge in [0.25, 0.3) is 0 Å². The summed E-state index contributed by atoms with van der Waals surface area (Å²) in [4.78, 5) is 14.7. The van der Waals surface area contributed by atoms with Gasteiger partial charge in [-0.2, -0.15) is 5.10 Å². The van der Waals surface area contributed by atoms with Crippen LogP contribution >= 0.6 is 0 Å². The Morgan fingerprint density at radius 3 is 2.40 bits per heavy atom. The van der Waals surface area contributed by atoms with E-state index in [1.807, 2.05) is 53.0 Å². The smallest absolute Gasteiger partial charge is 0.152 e. The van der Waals surface area contributed by atoms with Crippen molar-refractivity contribution in [3.63, 3.8) is 0 Å². The molecule has 180 valence electrons.